The molecule has 1 atom stereocenters. The van der Waals surface area contributed by atoms with Crippen LogP contribution in [-0.2, 0) is 15.4 Å². The van der Waals surface area contributed by atoms with Crippen LogP contribution in [0.4, 0.5) is 11.6 Å². The fourth-order valence-electron chi connectivity index (χ4n) is 3.65. The summed E-state index contributed by atoms with van der Waals surface area (Å²) in [5, 5.41) is 7.53. The lowest BCUT2D eigenvalue weighted by molar-refractivity contribution is 0.207. The van der Waals surface area contributed by atoms with E-state index in [0.717, 1.165) is 12.3 Å². The zero-order valence-corrected chi connectivity index (χ0v) is 16.6. The summed E-state index contributed by atoms with van der Waals surface area (Å²) < 4.78 is 28.4. The second-order valence-corrected chi connectivity index (χ2v) is 9.12. The molecule has 0 aliphatic carbocycles. The van der Waals surface area contributed by atoms with Gasteiger partial charge in [0, 0.05) is 25.7 Å². The highest BCUT2D eigenvalue weighted by molar-refractivity contribution is 7.91. The second kappa shape index (κ2) is 6.51. The van der Waals surface area contributed by atoms with Crippen LogP contribution in [0.2, 0.25) is 0 Å². The molecule has 1 aliphatic rings. The van der Waals surface area contributed by atoms with Crippen LogP contribution < -0.4 is 5.32 Å². The van der Waals surface area contributed by atoms with Crippen LogP contribution in [0.25, 0.3) is 0 Å². The number of nitrogens with one attached hydrogen (secondary N) is 1. The quantitative estimate of drug-likeness (QED) is 0.869. The monoisotopic (exact) mass is 375 g/mol. The highest BCUT2D eigenvalue weighted by Crippen LogP contribution is 2.42. The Morgan fingerprint density at radius 3 is 2.50 bits per heavy atom. The van der Waals surface area contributed by atoms with E-state index in [4.69, 9.17) is 0 Å². The molecule has 140 valence electrons. The Hall–Kier alpha value is -2.19. The summed E-state index contributed by atoms with van der Waals surface area (Å²) in [5.74, 6) is 0.721. The van der Waals surface area contributed by atoms with Crippen molar-refractivity contribution in [3.8, 4) is 0 Å². The topological polar surface area (TPSA) is 79.6 Å². The van der Waals surface area contributed by atoms with Gasteiger partial charge < -0.3 is 10.2 Å². The maximum atomic E-state index is 13.3. The summed E-state index contributed by atoms with van der Waals surface area (Å²) in [4.78, 5) is 7.04. The molecular formula is C18H25N5O2S. The van der Waals surface area contributed by atoms with Crippen molar-refractivity contribution in [3.63, 3.8) is 0 Å². The number of hydrogen-bond acceptors (Lipinski definition) is 6. The standard InChI is InChI=1S/C18H25N5O2S/c1-13-11-18(2,12-22(4)5)23-17(20-13)15(16(19-3)21-23)26(24,25)14-9-7-6-8-10-14/h6-10H,11-12H2,1-5H3,(H,19,21). The van der Waals surface area contributed by atoms with Crippen molar-refractivity contribution in [2.75, 3.05) is 33.0 Å². The summed E-state index contributed by atoms with van der Waals surface area (Å²) in [5.41, 5.74) is 0.523. The highest BCUT2D eigenvalue weighted by Gasteiger charge is 2.40. The Bertz CT molecular complexity index is 947. The minimum Gasteiger partial charge on any atom is -0.371 e. The minimum absolute atomic E-state index is 0.134. The Balaban J connectivity index is 2.27. The van der Waals surface area contributed by atoms with Crippen molar-refractivity contribution >= 4 is 27.2 Å². The first-order chi connectivity index (χ1) is 12.2. The molecule has 0 amide bonds. The molecule has 8 heteroatoms. The van der Waals surface area contributed by atoms with Gasteiger partial charge in [0.2, 0.25) is 9.84 Å². The number of benzene rings is 1. The highest BCUT2D eigenvalue weighted by atomic mass is 32.2. The van der Waals surface area contributed by atoms with Gasteiger partial charge in [0.15, 0.2) is 16.5 Å². The number of likely N-dealkylation sites (N-methyl/N-ethyl adjacent to an activating group) is 1. The van der Waals surface area contributed by atoms with Crippen LogP contribution in [0.15, 0.2) is 45.1 Å². The summed E-state index contributed by atoms with van der Waals surface area (Å²) in [6.45, 7) is 4.74. The average Bonchev–Trinajstić information content (AvgIpc) is 2.94. The first-order valence-corrected chi connectivity index (χ1v) is 9.97. The summed E-state index contributed by atoms with van der Waals surface area (Å²) in [7, 11) is 1.92. The lowest BCUT2D eigenvalue weighted by atomic mass is 9.93. The fourth-order valence-corrected chi connectivity index (χ4v) is 5.17. The van der Waals surface area contributed by atoms with E-state index in [-0.39, 0.29) is 15.3 Å². The van der Waals surface area contributed by atoms with Gasteiger partial charge in [0.25, 0.3) is 0 Å². The van der Waals surface area contributed by atoms with Crippen molar-refractivity contribution in [1.29, 1.82) is 0 Å². The third kappa shape index (κ3) is 3.03. The molecule has 0 saturated carbocycles. The molecule has 2 aromatic rings. The molecule has 0 saturated heterocycles. The first kappa shape index (κ1) is 18.6. The molecule has 3 rings (SSSR count). The molecular weight excluding hydrogens is 350 g/mol. The van der Waals surface area contributed by atoms with E-state index >= 15 is 0 Å². The number of nitrogens with zero attached hydrogens (tertiary/aromatic N) is 4. The molecule has 7 nitrogen and oxygen atoms in total. The van der Waals surface area contributed by atoms with Crippen molar-refractivity contribution in [2.24, 2.45) is 4.99 Å². The molecule has 0 fully saturated rings. The van der Waals surface area contributed by atoms with Gasteiger partial charge in [-0.1, -0.05) is 18.2 Å². The summed E-state index contributed by atoms with van der Waals surface area (Å²) in [6.07, 6.45) is 0.716. The zero-order chi connectivity index (χ0) is 19.1. The van der Waals surface area contributed by atoms with Crippen molar-refractivity contribution in [3.05, 3.63) is 30.3 Å². The second-order valence-electron chi connectivity index (χ2n) is 7.24. The average molecular weight is 375 g/mol. The fraction of sp³-hybridized carbons (Fsp3) is 0.444. The Morgan fingerprint density at radius 2 is 1.92 bits per heavy atom. The van der Waals surface area contributed by atoms with Crippen LogP contribution in [0.1, 0.15) is 20.3 Å². The SMILES string of the molecule is CNc1nn2c(c1S(=O)(=O)c1ccccc1)N=C(C)CC2(C)CN(C)C. The number of aromatic nitrogens is 2. The van der Waals surface area contributed by atoms with E-state index in [1.54, 1.807) is 42.1 Å². The molecule has 1 aliphatic heterocycles. The molecule has 1 N–H and O–H groups in total. The van der Waals surface area contributed by atoms with Crippen molar-refractivity contribution in [2.45, 2.75) is 35.6 Å². The Morgan fingerprint density at radius 1 is 1.27 bits per heavy atom. The summed E-state index contributed by atoms with van der Waals surface area (Å²) in [6, 6.07) is 8.41. The third-order valence-electron chi connectivity index (χ3n) is 4.48. The number of anilines is 1. The molecule has 1 aromatic carbocycles. The molecule has 0 spiro atoms. The van der Waals surface area contributed by atoms with Crippen LogP contribution in [-0.4, -0.2) is 56.5 Å². The molecule has 1 aromatic heterocycles. The lowest BCUT2D eigenvalue weighted by Crippen LogP contribution is -2.44. The van der Waals surface area contributed by atoms with E-state index in [2.05, 4.69) is 27.2 Å². The number of aliphatic imine (C=N–C) groups is 1. The normalized spacial score (nSPS) is 20.0. The van der Waals surface area contributed by atoms with E-state index in [9.17, 15) is 8.42 Å². The van der Waals surface area contributed by atoms with E-state index in [1.807, 2.05) is 21.0 Å². The Labute approximate surface area is 154 Å². The predicted molar refractivity (Wildman–Crippen MR) is 103 cm³/mol. The predicted octanol–water partition coefficient (Wildman–Crippen LogP) is 2.53. The van der Waals surface area contributed by atoms with Crippen LogP contribution in [0.3, 0.4) is 0 Å². The lowest BCUT2D eigenvalue weighted by Gasteiger charge is -2.36. The molecule has 1 unspecified atom stereocenters. The van der Waals surface area contributed by atoms with Gasteiger partial charge in [0.05, 0.1) is 10.4 Å². The summed E-state index contributed by atoms with van der Waals surface area (Å²) >= 11 is 0. The third-order valence-corrected chi connectivity index (χ3v) is 6.29. The van der Waals surface area contributed by atoms with E-state index in [0.29, 0.717) is 18.1 Å². The Kier molecular flexibility index (Phi) is 4.66. The molecule has 2 heterocycles. The van der Waals surface area contributed by atoms with E-state index < -0.39 is 9.84 Å². The van der Waals surface area contributed by atoms with Crippen LogP contribution >= 0.6 is 0 Å². The van der Waals surface area contributed by atoms with Crippen molar-refractivity contribution in [1.82, 2.24) is 14.7 Å². The number of rotatable bonds is 5. The number of hydrogen-bond donors (Lipinski definition) is 1. The van der Waals surface area contributed by atoms with Crippen LogP contribution in [0.5, 0.6) is 0 Å². The largest absolute Gasteiger partial charge is 0.371 e. The number of sulfone groups is 1. The maximum Gasteiger partial charge on any atom is 0.214 e. The van der Waals surface area contributed by atoms with Crippen molar-refractivity contribution < 1.29 is 8.42 Å². The first-order valence-electron chi connectivity index (χ1n) is 8.49. The van der Waals surface area contributed by atoms with Crippen LogP contribution in [0, 0.1) is 0 Å². The zero-order valence-electron chi connectivity index (χ0n) is 15.8. The molecule has 0 bridgehead atoms. The number of fused-ring (bicyclic) bond motifs is 1. The smallest absolute Gasteiger partial charge is 0.214 e. The maximum absolute atomic E-state index is 13.3. The van der Waals surface area contributed by atoms with Gasteiger partial charge in [-0.05, 0) is 40.1 Å². The minimum atomic E-state index is -3.75. The van der Waals surface area contributed by atoms with Gasteiger partial charge in [-0.25, -0.2) is 18.1 Å². The van der Waals surface area contributed by atoms with Gasteiger partial charge >= 0.3 is 0 Å². The molecule has 26 heavy (non-hydrogen) atoms. The van der Waals surface area contributed by atoms with Gasteiger partial charge in [-0.15, -0.1) is 0 Å². The van der Waals surface area contributed by atoms with Gasteiger partial charge in [-0.3, -0.25) is 0 Å². The van der Waals surface area contributed by atoms with Gasteiger partial charge in [0.1, 0.15) is 0 Å². The molecule has 0 radical (unpaired) electrons. The van der Waals surface area contributed by atoms with Gasteiger partial charge in [-0.2, -0.15) is 5.10 Å². The van der Waals surface area contributed by atoms with E-state index in [1.165, 1.54) is 0 Å².